The Kier molecular flexibility index (Phi) is 15.1. The number of hydrogen-bond donors (Lipinski definition) is 1. The molecule has 0 amide bonds. The van der Waals surface area contributed by atoms with Crippen molar-refractivity contribution in [2.45, 2.75) is 7.43 Å². The van der Waals surface area contributed by atoms with E-state index in [9.17, 15) is 0 Å². The molecule has 0 aromatic heterocycles. The minimum atomic E-state index is 0. The molecule has 0 aliphatic carbocycles. The zero-order valence-corrected chi connectivity index (χ0v) is 23.4. The third-order valence-corrected chi connectivity index (χ3v) is 7.42. The van der Waals surface area contributed by atoms with E-state index in [0.717, 1.165) is 9.50 Å². The van der Waals surface area contributed by atoms with Gasteiger partial charge >= 0.3 is 7.69 Å². The van der Waals surface area contributed by atoms with Gasteiger partial charge in [0.05, 0.1) is 0 Å². The molecule has 0 saturated heterocycles. The molecule has 1 radical (unpaired) electrons. The molecule has 1 N–H and O–H groups in total. The van der Waals surface area contributed by atoms with Crippen LogP contribution in [0.1, 0.15) is 7.43 Å². The Morgan fingerprint density at radius 3 is 1.64 bits per heavy atom. The summed E-state index contributed by atoms with van der Waals surface area (Å²) >= 11 is 20.6. The average molecular weight is 722 g/mol. The molecule has 0 saturated carbocycles. The number of hydrogen-bond acceptors (Lipinski definition) is 2. The van der Waals surface area contributed by atoms with Crippen molar-refractivity contribution in [3.8, 4) is 16.9 Å². The molecule has 0 fully saturated rings. The van der Waals surface area contributed by atoms with Crippen LogP contribution in [0, 0.1) is 3.57 Å². The third-order valence-electron chi connectivity index (χ3n) is 3.86. The van der Waals surface area contributed by atoms with Crippen molar-refractivity contribution in [1.29, 1.82) is 0 Å². The second kappa shape index (κ2) is 16.6. The van der Waals surface area contributed by atoms with Gasteiger partial charge in [-0.3, -0.25) is 0 Å². The van der Waals surface area contributed by atoms with Crippen LogP contribution in [0.4, 0.5) is 0 Å². The lowest BCUT2D eigenvalue weighted by atomic mass is 10.1. The minimum Gasteiger partial charge on any atom is -0.537 e. The second-order valence-corrected chi connectivity index (χ2v) is 9.82. The van der Waals surface area contributed by atoms with Crippen molar-refractivity contribution in [3.05, 3.63) is 120 Å². The maximum Gasteiger partial charge on any atom is 0.569 e. The zero-order chi connectivity index (χ0) is 23.3. The topological polar surface area (TPSA) is 29.5 Å². The van der Waals surface area contributed by atoms with Gasteiger partial charge < -0.3 is 9.68 Å². The SMILES string of the molecule is Brc1ccccc1I.C.Clc1ccc(-c2ccccc2Br)cc1.O[B]Oc1ccc(Cl)cc1. The first-order valence-corrected chi connectivity index (χ1v) is 12.6. The van der Waals surface area contributed by atoms with Crippen LogP contribution in [0.3, 0.4) is 0 Å². The smallest absolute Gasteiger partial charge is 0.537 e. The predicted octanol–water partition coefficient (Wildman–Crippen LogP) is 9.70. The van der Waals surface area contributed by atoms with Crippen LogP contribution in [0.15, 0.2) is 106 Å². The van der Waals surface area contributed by atoms with Crippen LogP contribution in [-0.4, -0.2) is 12.7 Å². The monoisotopic (exact) mass is 719 g/mol. The van der Waals surface area contributed by atoms with Crippen LogP contribution in [0.25, 0.3) is 11.1 Å². The number of rotatable bonds is 3. The van der Waals surface area contributed by atoms with Crippen LogP contribution in [0.5, 0.6) is 5.75 Å². The largest absolute Gasteiger partial charge is 0.569 e. The molecule has 0 aliphatic heterocycles. The molecule has 2 nitrogen and oxygen atoms in total. The molecule has 0 aliphatic rings. The van der Waals surface area contributed by atoms with Gasteiger partial charge in [-0.25, -0.2) is 0 Å². The molecule has 4 aromatic carbocycles. The summed E-state index contributed by atoms with van der Waals surface area (Å²) in [6.45, 7) is 0. The molecular weight excluding hydrogens is 701 g/mol. The third kappa shape index (κ3) is 11.3. The molecular formula is C25H21BBr2Cl2IO2. The average Bonchev–Trinajstić information content (AvgIpc) is 2.80. The van der Waals surface area contributed by atoms with Gasteiger partial charge in [0.15, 0.2) is 0 Å². The first-order chi connectivity index (χ1) is 15.4. The highest BCUT2D eigenvalue weighted by atomic mass is 127. The Morgan fingerprint density at radius 2 is 1.18 bits per heavy atom. The van der Waals surface area contributed by atoms with Gasteiger partial charge in [-0.05, 0) is 104 Å². The predicted molar refractivity (Wildman–Crippen MR) is 158 cm³/mol. The molecule has 0 spiro atoms. The van der Waals surface area contributed by atoms with Gasteiger partial charge in [0.1, 0.15) is 5.75 Å². The fourth-order valence-corrected chi connectivity index (χ4v) is 3.78. The first-order valence-electron chi connectivity index (χ1n) is 9.19. The Bertz CT molecular complexity index is 1080. The Morgan fingerprint density at radius 1 is 0.697 bits per heavy atom. The highest BCUT2D eigenvalue weighted by Crippen LogP contribution is 2.28. The fourth-order valence-electron chi connectivity index (χ4n) is 2.34. The van der Waals surface area contributed by atoms with Crippen LogP contribution in [-0.2, 0) is 0 Å². The van der Waals surface area contributed by atoms with Crippen molar-refractivity contribution in [1.82, 2.24) is 0 Å². The van der Waals surface area contributed by atoms with Gasteiger partial charge in [0.25, 0.3) is 0 Å². The van der Waals surface area contributed by atoms with Crippen molar-refractivity contribution < 1.29 is 9.68 Å². The van der Waals surface area contributed by atoms with E-state index in [2.05, 4.69) is 71.2 Å². The normalized spacial score (nSPS) is 9.27. The Labute approximate surface area is 237 Å². The molecule has 171 valence electrons. The first kappa shape index (κ1) is 30.0. The summed E-state index contributed by atoms with van der Waals surface area (Å²) in [6, 6.07) is 30.8. The minimum absolute atomic E-state index is 0. The van der Waals surface area contributed by atoms with Crippen molar-refractivity contribution in [2.24, 2.45) is 0 Å². The molecule has 0 unspecified atom stereocenters. The van der Waals surface area contributed by atoms with E-state index in [-0.39, 0.29) is 7.43 Å². The van der Waals surface area contributed by atoms with E-state index >= 15 is 0 Å². The highest BCUT2D eigenvalue weighted by Gasteiger charge is 2.00. The van der Waals surface area contributed by atoms with Crippen molar-refractivity contribution in [3.63, 3.8) is 0 Å². The Balaban J connectivity index is 0.000000255. The van der Waals surface area contributed by atoms with Gasteiger partial charge in [0.2, 0.25) is 0 Å². The molecule has 4 rings (SSSR count). The van der Waals surface area contributed by atoms with Crippen LogP contribution >= 0.6 is 77.7 Å². The lowest BCUT2D eigenvalue weighted by Crippen LogP contribution is -1.98. The van der Waals surface area contributed by atoms with Crippen molar-refractivity contribution >= 4 is 85.3 Å². The van der Waals surface area contributed by atoms with Crippen LogP contribution in [0.2, 0.25) is 10.0 Å². The number of benzene rings is 4. The zero-order valence-electron chi connectivity index (χ0n) is 16.6. The van der Waals surface area contributed by atoms with Gasteiger partial charge in [-0.2, -0.15) is 0 Å². The quantitative estimate of drug-likeness (QED) is 0.169. The molecule has 0 bridgehead atoms. The summed E-state index contributed by atoms with van der Waals surface area (Å²) in [6.07, 6.45) is 0. The number of halogens is 5. The fraction of sp³-hybridized carbons (Fsp3) is 0.0400. The van der Waals surface area contributed by atoms with E-state index in [4.69, 9.17) is 28.2 Å². The lowest BCUT2D eigenvalue weighted by molar-refractivity contribution is 0.454. The van der Waals surface area contributed by atoms with Gasteiger partial charge in [-0.1, -0.05) is 89.0 Å². The van der Waals surface area contributed by atoms with E-state index in [1.54, 1.807) is 24.3 Å². The van der Waals surface area contributed by atoms with E-state index < -0.39 is 0 Å². The van der Waals surface area contributed by atoms with E-state index in [1.807, 2.05) is 60.7 Å². The molecule has 8 heteroatoms. The summed E-state index contributed by atoms with van der Waals surface area (Å²) in [5.41, 5.74) is 2.35. The maximum absolute atomic E-state index is 8.21. The van der Waals surface area contributed by atoms with E-state index in [1.165, 1.54) is 19.2 Å². The van der Waals surface area contributed by atoms with E-state index in [0.29, 0.717) is 18.5 Å². The second-order valence-electron chi connectivity index (χ2n) is 6.08. The van der Waals surface area contributed by atoms with Gasteiger partial charge in [0, 0.05) is 22.6 Å². The highest BCUT2D eigenvalue weighted by molar-refractivity contribution is 14.1. The van der Waals surface area contributed by atoms with Gasteiger partial charge in [-0.15, -0.1) is 0 Å². The lowest BCUT2D eigenvalue weighted by Gasteiger charge is -2.03. The summed E-state index contributed by atoms with van der Waals surface area (Å²) < 4.78 is 8.15. The Hall–Kier alpha value is -1.03. The summed E-state index contributed by atoms with van der Waals surface area (Å²) in [4.78, 5) is 0. The maximum atomic E-state index is 8.21. The molecule has 4 aromatic rings. The summed E-state index contributed by atoms with van der Waals surface area (Å²) in [7, 11) is 0.628. The molecule has 0 heterocycles. The van der Waals surface area contributed by atoms with Crippen LogP contribution < -0.4 is 4.65 Å². The summed E-state index contributed by atoms with van der Waals surface area (Å²) in [5.74, 6) is 0.562. The molecule has 0 atom stereocenters. The standard InChI is InChI=1S/C12H8BrCl.C6H5BClO2.C6H4BrI.CH4/c13-12-4-2-1-3-11(12)9-5-7-10(14)8-6-9;8-5-1-3-6(4-2-5)10-7-9;7-5-3-1-2-4-6(5)8;/h1-8H;1-4,9H;1-4H;1H4. The molecule has 33 heavy (non-hydrogen) atoms. The van der Waals surface area contributed by atoms with Crippen molar-refractivity contribution in [2.75, 3.05) is 0 Å². The summed E-state index contributed by atoms with van der Waals surface area (Å²) in [5, 5.41) is 9.62.